The lowest BCUT2D eigenvalue weighted by Crippen LogP contribution is -1.97. The van der Waals surface area contributed by atoms with Crippen molar-refractivity contribution in [2.45, 2.75) is 13.8 Å². The summed E-state index contributed by atoms with van der Waals surface area (Å²) in [5, 5.41) is 3.83. The summed E-state index contributed by atoms with van der Waals surface area (Å²) >= 11 is 0. The summed E-state index contributed by atoms with van der Waals surface area (Å²) in [6.45, 7) is 4.15. The molecule has 0 aliphatic carbocycles. The fraction of sp³-hybridized carbons (Fsp3) is 0.0526. The standard InChI is InChI=1S/C38H30N2/c1-3-11-31-32-13-5-8-16-36(32)39(35(31)12-4-2)29-23-19-27(20-24-29)28-21-25-30(26-22-28)40-37-17-9-6-14-33(37)34-15-7-10-18-38(34)40/h3-26H,1-2H3/b11-3-,12-4-. The average Bonchev–Trinajstić information content (AvgIpc) is 3.51. The number of hydrogen-bond acceptors (Lipinski definition) is 0. The van der Waals surface area contributed by atoms with Gasteiger partial charge in [0.25, 0.3) is 0 Å². The van der Waals surface area contributed by atoms with Gasteiger partial charge in [0, 0.05) is 33.1 Å². The van der Waals surface area contributed by atoms with Gasteiger partial charge in [-0.15, -0.1) is 0 Å². The third-order valence-electron chi connectivity index (χ3n) is 7.77. The van der Waals surface area contributed by atoms with E-state index in [1.807, 2.05) is 0 Å². The Kier molecular flexibility index (Phi) is 5.94. The maximum absolute atomic E-state index is 2.36. The summed E-state index contributed by atoms with van der Waals surface area (Å²) in [6, 6.07) is 43.8. The van der Waals surface area contributed by atoms with Crippen molar-refractivity contribution in [3.05, 3.63) is 145 Å². The van der Waals surface area contributed by atoms with E-state index in [0.29, 0.717) is 0 Å². The van der Waals surface area contributed by atoms with E-state index in [4.69, 9.17) is 0 Å². The zero-order chi connectivity index (χ0) is 27.1. The van der Waals surface area contributed by atoms with Gasteiger partial charge in [0.15, 0.2) is 0 Å². The molecule has 2 nitrogen and oxygen atoms in total. The lowest BCUT2D eigenvalue weighted by Gasteiger charge is -2.12. The average molecular weight is 515 g/mol. The Balaban J connectivity index is 1.28. The molecule has 0 spiro atoms. The zero-order valence-electron chi connectivity index (χ0n) is 22.8. The van der Waals surface area contributed by atoms with Crippen molar-refractivity contribution in [3.8, 4) is 22.5 Å². The molecule has 40 heavy (non-hydrogen) atoms. The molecule has 0 saturated carbocycles. The molecule has 7 rings (SSSR count). The van der Waals surface area contributed by atoms with E-state index in [1.165, 1.54) is 60.8 Å². The predicted octanol–water partition coefficient (Wildman–Crippen LogP) is 10.5. The summed E-state index contributed by atoms with van der Waals surface area (Å²) in [5.41, 5.74) is 10.9. The zero-order valence-corrected chi connectivity index (χ0v) is 22.8. The molecule has 0 N–H and O–H groups in total. The van der Waals surface area contributed by atoms with Gasteiger partial charge in [-0.05, 0) is 73.5 Å². The molecule has 5 aromatic carbocycles. The lowest BCUT2D eigenvalue weighted by atomic mass is 10.0. The third kappa shape index (κ3) is 3.80. The highest BCUT2D eigenvalue weighted by atomic mass is 15.0. The third-order valence-corrected chi connectivity index (χ3v) is 7.77. The largest absolute Gasteiger partial charge is 0.309 e. The first-order chi connectivity index (χ1) is 19.8. The van der Waals surface area contributed by atoms with Crippen LogP contribution in [-0.4, -0.2) is 9.13 Å². The van der Waals surface area contributed by atoms with E-state index in [9.17, 15) is 0 Å². The molecule has 0 radical (unpaired) electrons. The van der Waals surface area contributed by atoms with Crippen molar-refractivity contribution in [2.24, 2.45) is 0 Å². The van der Waals surface area contributed by atoms with E-state index >= 15 is 0 Å². The van der Waals surface area contributed by atoms with Gasteiger partial charge in [-0.3, -0.25) is 0 Å². The molecule has 2 aromatic heterocycles. The van der Waals surface area contributed by atoms with Crippen molar-refractivity contribution in [2.75, 3.05) is 0 Å². The minimum Gasteiger partial charge on any atom is -0.309 e. The molecule has 0 bridgehead atoms. The SMILES string of the molecule is C/C=C\c1c(/C=C\C)n(-c2ccc(-c3ccc(-n4c5ccccc5c5ccccc54)cc3)cc2)c2ccccc12. The highest BCUT2D eigenvalue weighted by Crippen LogP contribution is 2.34. The number of aromatic nitrogens is 2. The van der Waals surface area contributed by atoms with Crippen molar-refractivity contribution in [1.29, 1.82) is 0 Å². The van der Waals surface area contributed by atoms with Crippen LogP contribution in [0, 0.1) is 0 Å². The number of hydrogen-bond donors (Lipinski definition) is 0. The molecule has 0 aliphatic rings. The van der Waals surface area contributed by atoms with Crippen molar-refractivity contribution < 1.29 is 0 Å². The van der Waals surface area contributed by atoms with Gasteiger partial charge < -0.3 is 9.13 Å². The van der Waals surface area contributed by atoms with Crippen LogP contribution in [0.5, 0.6) is 0 Å². The smallest absolute Gasteiger partial charge is 0.0541 e. The topological polar surface area (TPSA) is 9.86 Å². The van der Waals surface area contributed by atoms with E-state index < -0.39 is 0 Å². The van der Waals surface area contributed by atoms with E-state index in [-0.39, 0.29) is 0 Å². The monoisotopic (exact) mass is 514 g/mol. The second-order valence-electron chi connectivity index (χ2n) is 10.1. The Morgan fingerprint density at radius 1 is 0.425 bits per heavy atom. The van der Waals surface area contributed by atoms with Crippen LogP contribution in [0.4, 0.5) is 0 Å². The number of benzene rings is 5. The minimum absolute atomic E-state index is 1.16. The maximum atomic E-state index is 2.36. The number of allylic oxidation sites excluding steroid dienone is 2. The van der Waals surface area contributed by atoms with E-state index in [0.717, 1.165) is 5.69 Å². The lowest BCUT2D eigenvalue weighted by molar-refractivity contribution is 1.10. The van der Waals surface area contributed by atoms with Crippen LogP contribution >= 0.6 is 0 Å². The molecule has 2 heterocycles. The Hall–Kier alpha value is -5.08. The molecule has 7 aromatic rings. The highest BCUT2D eigenvalue weighted by molar-refractivity contribution is 6.09. The molecule has 0 atom stereocenters. The molecule has 0 aliphatic heterocycles. The van der Waals surface area contributed by atoms with Crippen LogP contribution in [0.3, 0.4) is 0 Å². The van der Waals surface area contributed by atoms with Gasteiger partial charge in [-0.2, -0.15) is 0 Å². The van der Waals surface area contributed by atoms with E-state index in [2.05, 4.69) is 169 Å². The van der Waals surface area contributed by atoms with Crippen molar-refractivity contribution >= 4 is 44.9 Å². The molecule has 0 saturated heterocycles. The highest BCUT2D eigenvalue weighted by Gasteiger charge is 2.15. The predicted molar refractivity (Wildman–Crippen MR) is 172 cm³/mol. The van der Waals surface area contributed by atoms with Crippen LogP contribution in [0.15, 0.2) is 133 Å². The molecule has 0 fully saturated rings. The summed E-state index contributed by atoms with van der Waals surface area (Å²) in [6.07, 6.45) is 8.65. The molecule has 0 unspecified atom stereocenters. The summed E-state index contributed by atoms with van der Waals surface area (Å²) in [4.78, 5) is 0. The van der Waals surface area contributed by atoms with Crippen LogP contribution in [-0.2, 0) is 0 Å². The number of fused-ring (bicyclic) bond motifs is 4. The number of nitrogens with zero attached hydrogens (tertiary/aromatic N) is 2. The second kappa shape index (κ2) is 9.91. The van der Waals surface area contributed by atoms with Crippen LogP contribution < -0.4 is 0 Å². The van der Waals surface area contributed by atoms with Gasteiger partial charge >= 0.3 is 0 Å². The molecular formula is C38H30N2. The molecule has 2 heteroatoms. The fourth-order valence-corrected chi connectivity index (χ4v) is 6.03. The Labute approximate surface area is 234 Å². The fourth-order valence-electron chi connectivity index (χ4n) is 6.03. The number of para-hydroxylation sites is 3. The van der Waals surface area contributed by atoms with Gasteiger partial charge in [-0.1, -0.05) is 97.1 Å². The normalized spacial score (nSPS) is 12.1. The molecule has 192 valence electrons. The van der Waals surface area contributed by atoms with Crippen molar-refractivity contribution in [3.63, 3.8) is 0 Å². The van der Waals surface area contributed by atoms with E-state index in [1.54, 1.807) is 0 Å². The minimum atomic E-state index is 1.16. The Morgan fingerprint density at radius 3 is 1.35 bits per heavy atom. The number of rotatable bonds is 5. The Bertz CT molecular complexity index is 1990. The van der Waals surface area contributed by atoms with Crippen LogP contribution in [0.25, 0.3) is 67.4 Å². The molecular weight excluding hydrogens is 484 g/mol. The van der Waals surface area contributed by atoms with Gasteiger partial charge in [-0.25, -0.2) is 0 Å². The van der Waals surface area contributed by atoms with Gasteiger partial charge in [0.1, 0.15) is 0 Å². The van der Waals surface area contributed by atoms with Gasteiger partial charge in [0.2, 0.25) is 0 Å². The van der Waals surface area contributed by atoms with Crippen LogP contribution in [0.2, 0.25) is 0 Å². The summed E-state index contributed by atoms with van der Waals surface area (Å²) < 4.78 is 4.72. The first-order valence-electron chi connectivity index (χ1n) is 13.9. The summed E-state index contributed by atoms with van der Waals surface area (Å²) in [7, 11) is 0. The first-order valence-corrected chi connectivity index (χ1v) is 13.9. The first kappa shape index (κ1) is 24.0. The Morgan fingerprint density at radius 2 is 0.850 bits per heavy atom. The maximum Gasteiger partial charge on any atom is 0.0541 e. The second-order valence-corrected chi connectivity index (χ2v) is 10.1. The quantitative estimate of drug-likeness (QED) is 0.216. The summed E-state index contributed by atoms with van der Waals surface area (Å²) in [5.74, 6) is 0. The van der Waals surface area contributed by atoms with Gasteiger partial charge in [0.05, 0.1) is 22.2 Å². The van der Waals surface area contributed by atoms with Crippen molar-refractivity contribution in [1.82, 2.24) is 9.13 Å². The van der Waals surface area contributed by atoms with Crippen LogP contribution in [0.1, 0.15) is 25.1 Å². The molecule has 0 amide bonds.